The molecule has 1 saturated carbocycles. The Bertz CT molecular complexity index is 988. The third-order valence-electron chi connectivity index (χ3n) is 4.93. The number of carbonyl (C=O) groups excluding carboxylic acids is 2. The molecule has 1 amide bonds. The summed E-state index contributed by atoms with van der Waals surface area (Å²) in [6, 6.07) is 11.3. The van der Waals surface area contributed by atoms with Crippen LogP contribution in [0, 0.1) is 0 Å². The summed E-state index contributed by atoms with van der Waals surface area (Å²) in [4.78, 5) is 32.8. The Labute approximate surface area is 156 Å². The fourth-order valence-electron chi connectivity index (χ4n) is 3.59. The van der Waals surface area contributed by atoms with Crippen LogP contribution in [0.1, 0.15) is 52.6 Å². The van der Waals surface area contributed by atoms with Crippen molar-refractivity contribution in [1.29, 1.82) is 0 Å². The molecular formula is C20H20N4O3. The molecule has 138 valence electrons. The van der Waals surface area contributed by atoms with Crippen LogP contribution < -0.4 is 5.32 Å². The smallest absolute Gasteiger partial charge is 0.356 e. The van der Waals surface area contributed by atoms with Crippen molar-refractivity contribution in [3.05, 3.63) is 53.9 Å². The molecule has 4 rings (SSSR count). The number of nitrogens with one attached hydrogen (secondary N) is 1. The highest BCUT2D eigenvalue weighted by atomic mass is 16.5. The number of amides is 1. The molecule has 7 heteroatoms. The summed E-state index contributed by atoms with van der Waals surface area (Å²) in [5, 5.41) is 2.91. The van der Waals surface area contributed by atoms with Crippen LogP contribution in [0.4, 0.5) is 5.95 Å². The van der Waals surface area contributed by atoms with Crippen LogP contribution in [-0.4, -0.2) is 33.5 Å². The molecule has 27 heavy (non-hydrogen) atoms. The highest BCUT2D eigenvalue weighted by Crippen LogP contribution is 2.35. The van der Waals surface area contributed by atoms with E-state index in [4.69, 9.17) is 0 Å². The van der Waals surface area contributed by atoms with E-state index in [1.807, 2.05) is 24.3 Å². The summed E-state index contributed by atoms with van der Waals surface area (Å²) < 4.78 is 6.76. The fourth-order valence-corrected chi connectivity index (χ4v) is 3.59. The van der Waals surface area contributed by atoms with Crippen molar-refractivity contribution < 1.29 is 14.3 Å². The summed E-state index contributed by atoms with van der Waals surface area (Å²) >= 11 is 0. The summed E-state index contributed by atoms with van der Waals surface area (Å²) in [5.74, 6) is -0.302. The minimum absolute atomic E-state index is 0.159. The first-order valence-electron chi connectivity index (χ1n) is 9.00. The van der Waals surface area contributed by atoms with E-state index < -0.39 is 5.97 Å². The minimum atomic E-state index is -0.537. The average Bonchev–Trinajstić information content (AvgIpc) is 3.34. The van der Waals surface area contributed by atoms with Gasteiger partial charge < -0.3 is 9.30 Å². The number of hydrogen-bond donors (Lipinski definition) is 1. The van der Waals surface area contributed by atoms with E-state index in [1.54, 1.807) is 6.07 Å². The molecule has 3 aromatic rings. The highest BCUT2D eigenvalue weighted by Gasteiger charge is 2.23. The van der Waals surface area contributed by atoms with E-state index >= 15 is 0 Å². The molecule has 1 aliphatic carbocycles. The maximum atomic E-state index is 12.7. The first kappa shape index (κ1) is 17.2. The van der Waals surface area contributed by atoms with Crippen molar-refractivity contribution in [2.45, 2.75) is 31.7 Å². The van der Waals surface area contributed by atoms with Crippen molar-refractivity contribution >= 4 is 28.9 Å². The second kappa shape index (κ2) is 7.19. The van der Waals surface area contributed by atoms with Crippen molar-refractivity contribution in [2.75, 3.05) is 12.4 Å². The maximum Gasteiger partial charge on any atom is 0.356 e. The number of rotatable bonds is 4. The summed E-state index contributed by atoms with van der Waals surface area (Å²) in [6.45, 7) is 0. The summed E-state index contributed by atoms with van der Waals surface area (Å²) in [6.07, 6.45) is 5.90. The second-order valence-electron chi connectivity index (χ2n) is 6.61. The number of fused-ring (bicyclic) bond motifs is 1. The van der Waals surface area contributed by atoms with Gasteiger partial charge in [0, 0.05) is 12.2 Å². The second-order valence-corrected chi connectivity index (χ2v) is 6.61. The first-order chi connectivity index (χ1) is 13.2. The predicted molar refractivity (Wildman–Crippen MR) is 101 cm³/mol. The average molecular weight is 364 g/mol. The molecule has 7 nitrogen and oxygen atoms in total. The lowest BCUT2D eigenvalue weighted by Gasteiger charge is -2.16. The number of imidazole rings is 1. The lowest BCUT2D eigenvalue weighted by Crippen LogP contribution is -2.18. The number of nitrogens with zero attached hydrogens (tertiary/aromatic N) is 3. The van der Waals surface area contributed by atoms with Gasteiger partial charge in [0.15, 0.2) is 0 Å². The molecule has 0 spiro atoms. The molecule has 1 aliphatic rings. The normalized spacial score (nSPS) is 14.4. The number of para-hydroxylation sites is 2. The lowest BCUT2D eigenvalue weighted by atomic mass is 10.2. The Morgan fingerprint density at radius 1 is 1.15 bits per heavy atom. The van der Waals surface area contributed by atoms with Gasteiger partial charge in [-0.2, -0.15) is 0 Å². The molecule has 0 aliphatic heterocycles. The molecule has 0 bridgehead atoms. The van der Waals surface area contributed by atoms with E-state index in [0.29, 0.717) is 17.6 Å². The fraction of sp³-hybridized carbons (Fsp3) is 0.300. The summed E-state index contributed by atoms with van der Waals surface area (Å²) in [7, 11) is 1.29. The molecule has 0 atom stereocenters. The predicted octanol–water partition coefficient (Wildman–Crippen LogP) is 3.59. The van der Waals surface area contributed by atoms with E-state index in [2.05, 4.69) is 24.6 Å². The van der Waals surface area contributed by atoms with Crippen LogP contribution in [0.25, 0.3) is 11.0 Å². The SMILES string of the molecule is COC(=O)c1ccc(C(=O)Nc2nc3ccccc3n2C2CCCC2)cn1. The van der Waals surface area contributed by atoms with E-state index in [0.717, 1.165) is 23.9 Å². The first-order valence-corrected chi connectivity index (χ1v) is 9.00. The monoisotopic (exact) mass is 364 g/mol. The number of benzene rings is 1. The van der Waals surface area contributed by atoms with Gasteiger partial charge >= 0.3 is 5.97 Å². The molecule has 2 heterocycles. The summed E-state index contributed by atoms with van der Waals surface area (Å²) in [5.41, 5.74) is 2.40. The number of esters is 1. The Balaban J connectivity index is 1.63. The lowest BCUT2D eigenvalue weighted by molar-refractivity contribution is 0.0593. The zero-order valence-corrected chi connectivity index (χ0v) is 15.0. The van der Waals surface area contributed by atoms with Crippen LogP contribution in [0.5, 0.6) is 0 Å². The molecule has 1 N–H and O–H groups in total. The molecule has 1 aromatic carbocycles. The largest absolute Gasteiger partial charge is 0.464 e. The van der Waals surface area contributed by atoms with Crippen molar-refractivity contribution in [1.82, 2.24) is 14.5 Å². The number of aromatic nitrogens is 3. The van der Waals surface area contributed by atoms with Crippen molar-refractivity contribution in [2.24, 2.45) is 0 Å². The third-order valence-corrected chi connectivity index (χ3v) is 4.93. The van der Waals surface area contributed by atoms with Crippen LogP contribution >= 0.6 is 0 Å². The topological polar surface area (TPSA) is 86.1 Å². The zero-order chi connectivity index (χ0) is 18.8. The van der Waals surface area contributed by atoms with Crippen molar-refractivity contribution in [3.63, 3.8) is 0 Å². The molecular weight excluding hydrogens is 344 g/mol. The van der Waals surface area contributed by atoms with Crippen LogP contribution in [-0.2, 0) is 4.74 Å². The van der Waals surface area contributed by atoms with Gasteiger partial charge in [-0.15, -0.1) is 0 Å². The van der Waals surface area contributed by atoms with Gasteiger partial charge in [0.1, 0.15) is 5.69 Å². The maximum absolute atomic E-state index is 12.7. The Morgan fingerprint density at radius 3 is 2.63 bits per heavy atom. The minimum Gasteiger partial charge on any atom is -0.464 e. The van der Waals surface area contributed by atoms with Crippen LogP contribution in [0.3, 0.4) is 0 Å². The van der Waals surface area contributed by atoms with E-state index in [9.17, 15) is 9.59 Å². The molecule has 1 fully saturated rings. The Kier molecular flexibility index (Phi) is 4.58. The number of pyridine rings is 1. The third kappa shape index (κ3) is 3.28. The van der Waals surface area contributed by atoms with Gasteiger partial charge in [0.05, 0.1) is 23.7 Å². The van der Waals surface area contributed by atoms with Gasteiger partial charge in [0.2, 0.25) is 5.95 Å². The van der Waals surface area contributed by atoms with Crippen LogP contribution in [0.2, 0.25) is 0 Å². The van der Waals surface area contributed by atoms with E-state index in [1.165, 1.54) is 32.2 Å². The van der Waals surface area contributed by atoms with Gasteiger partial charge in [-0.3, -0.25) is 10.1 Å². The van der Waals surface area contributed by atoms with Crippen LogP contribution in [0.15, 0.2) is 42.6 Å². The zero-order valence-electron chi connectivity index (χ0n) is 15.0. The van der Waals surface area contributed by atoms with Gasteiger partial charge in [-0.25, -0.2) is 14.8 Å². The Hall–Kier alpha value is -3.22. The van der Waals surface area contributed by atoms with E-state index in [-0.39, 0.29) is 11.6 Å². The molecule has 0 radical (unpaired) electrons. The molecule has 2 aromatic heterocycles. The quantitative estimate of drug-likeness (QED) is 0.715. The number of carbonyl (C=O) groups is 2. The molecule has 0 saturated heterocycles. The van der Waals surface area contributed by atoms with Crippen molar-refractivity contribution in [3.8, 4) is 0 Å². The highest BCUT2D eigenvalue weighted by molar-refractivity contribution is 6.04. The van der Waals surface area contributed by atoms with Gasteiger partial charge in [-0.05, 0) is 37.1 Å². The number of ether oxygens (including phenoxy) is 1. The standard InChI is InChI=1S/C20H20N4O3/c1-27-19(26)16-11-10-13(12-21-16)18(25)23-20-22-15-8-4-5-9-17(15)24(20)14-6-2-3-7-14/h4-5,8-12,14H,2-3,6-7H2,1H3,(H,22,23,25). The van der Waals surface area contributed by atoms with Gasteiger partial charge in [0.25, 0.3) is 5.91 Å². The number of anilines is 1. The number of methoxy groups -OCH3 is 1. The number of hydrogen-bond acceptors (Lipinski definition) is 5. The Morgan fingerprint density at radius 2 is 1.93 bits per heavy atom. The molecule has 0 unspecified atom stereocenters. The van der Waals surface area contributed by atoms with Gasteiger partial charge in [-0.1, -0.05) is 25.0 Å².